The number of hydrogen-bond acceptors (Lipinski definition) is 5. The highest BCUT2D eigenvalue weighted by atomic mass is 32.2. The zero-order valence-corrected chi connectivity index (χ0v) is 13.8. The molecular formula is C16H25NO3S. The van der Waals surface area contributed by atoms with E-state index in [1.165, 1.54) is 16.9 Å². The molecule has 4 nitrogen and oxygen atoms in total. The van der Waals surface area contributed by atoms with Crippen LogP contribution in [0, 0.1) is 0 Å². The van der Waals surface area contributed by atoms with Gasteiger partial charge in [-0.05, 0) is 36.8 Å². The lowest BCUT2D eigenvalue weighted by Crippen LogP contribution is -2.41. The van der Waals surface area contributed by atoms with Crippen LogP contribution in [-0.2, 0) is 6.54 Å². The van der Waals surface area contributed by atoms with Crippen molar-refractivity contribution in [2.45, 2.75) is 49.3 Å². The summed E-state index contributed by atoms with van der Waals surface area (Å²) in [4.78, 5) is 1.17. The van der Waals surface area contributed by atoms with E-state index in [0.29, 0.717) is 0 Å². The molecule has 0 bridgehead atoms. The summed E-state index contributed by atoms with van der Waals surface area (Å²) in [5.41, 5.74) is 1.18. The minimum absolute atomic E-state index is 0.196. The summed E-state index contributed by atoms with van der Waals surface area (Å²) in [6.07, 6.45) is 6.10. The topological polar surface area (TPSA) is 50.7 Å². The van der Waals surface area contributed by atoms with Crippen LogP contribution in [0.1, 0.15) is 31.2 Å². The minimum Gasteiger partial charge on any atom is -0.493 e. The van der Waals surface area contributed by atoms with E-state index in [2.05, 4.69) is 11.6 Å². The van der Waals surface area contributed by atoms with Crippen molar-refractivity contribution < 1.29 is 14.6 Å². The third kappa shape index (κ3) is 4.05. The van der Waals surface area contributed by atoms with Gasteiger partial charge < -0.3 is 19.9 Å². The predicted octanol–water partition coefficient (Wildman–Crippen LogP) is 2.82. The molecule has 1 aromatic carbocycles. The van der Waals surface area contributed by atoms with E-state index in [4.69, 9.17) is 9.47 Å². The molecule has 2 unspecified atom stereocenters. The number of thioether (sulfide) groups is 1. The first-order valence-electron chi connectivity index (χ1n) is 7.40. The van der Waals surface area contributed by atoms with Gasteiger partial charge in [0.15, 0.2) is 11.5 Å². The first kappa shape index (κ1) is 16.5. The van der Waals surface area contributed by atoms with E-state index in [-0.39, 0.29) is 12.1 Å². The molecule has 0 amide bonds. The SMILES string of the molecule is COc1cc(CNC2CCCCC2O)c(SC)cc1OC. The van der Waals surface area contributed by atoms with Crippen LogP contribution >= 0.6 is 11.8 Å². The Morgan fingerprint density at radius 3 is 2.48 bits per heavy atom. The van der Waals surface area contributed by atoms with Gasteiger partial charge in [-0.1, -0.05) is 12.8 Å². The Labute approximate surface area is 131 Å². The van der Waals surface area contributed by atoms with Gasteiger partial charge in [-0.2, -0.15) is 0 Å². The van der Waals surface area contributed by atoms with Crippen LogP contribution in [0.5, 0.6) is 11.5 Å². The Morgan fingerprint density at radius 1 is 1.19 bits per heavy atom. The molecule has 1 saturated carbocycles. The van der Waals surface area contributed by atoms with Gasteiger partial charge in [-0.25, -0.2) is 0 Å². The largest absolute Gasteiger partial charge is 0.493 e. The Kier molecular flexibility index (Phi) is 6.21. The molecule has 1 fully saturated rings. The zero-order valence-electron chi connectivity index (χ0n) is 13.0. The molecule has 1 aliphatic rings. The maximum absolute atomic E-state index is 10.0. The summed E-state index contributed by atoms with van der Waals surface area (Å²) in [5.74, 6) is 1.50. The molecule has 5 heteroatoms. The first-order chi connectivity index (χ1) is 10.2. The maximum atomic E-state index is 10.0. The Balaban J connectivity index is 2.10. The number of benzene rings is 1. The van der Waals surface area contributed by atoms with Crippen LogP contribution in [0.2, 0.25) is 0 Å². The zero-order chi connectivity index (χ0) is 15.2. The van der Waals surface area contributed by atoms with Gasteiger partial charge in [-0.3, -0.25) is 0 Å². The second kappa shape index (κ2) is 7.92. The maximum Gasteiger partial charge on any atom is 0.161 e. The highest BCUT2D eigenvalue weighted by molar-refractivity contribution is 7.98. The molecule has 0 saturated heterocycles. The number of nitrogens with one attached hydrogen (secondary N) is 1. The molecule has 0 spiro atoms. The average Bonchev–Trinajstić information content (AvgIpc) is 2.53. The Morgan fingerprint density at radius 2 is 1.86 bits per heavy atom. The van der Waals surface area contributed by atoms with Crippen molar-refractivity contribution in [3.8, 4) is 11.5 Å². The lowest BCUT2D eigenvalue weighted by molar-refractivity contribution is 0.0901. The molecular weight excluding hydrogens is 286 g/mol. The van der Waals surface area contributed by atoms with Crippen LogP contribution in [0.25, 0.3) is 0 Å². The van der Waals surface area contributed by atoms with E-state index in [1.54, 1.807) is 26.0 Å². The standard InChI is InChI=1S/C16H25NO3S/c1-19-14-8-11(16(21-3)9-15(14)20-2)10-17-12-6-4-5-7-13(12)18/h8-9,12-13,17-18H,4-7,10H2,1-3H3. The lowest BCUT2D eigenvalue weighted by Gasteiger charge is -2.29. The molecule has 2 atom stereocenters. The molecule has 0 aliphatic heterocycles. The number of aliphatic hydroxyl groups is 1. The van der Waals surface area contributed by atoms with Crippen molar-refractivity contribution >= 4 is 11.8 Å². The molecule has 0 aromatic heterocycles. The lowest BCUT2D eigenvalue weighted by atomic mass is 9.92. The molecule has 2 N–H and O–H groups in total. The fourth-order valence-corrected chi connectivity index (χ4v) is 3.44. The van der Waals surface area contributed by atoms with Crippen molar-refractivity contribution in [1.82, 2.24) is 5.32 Å². The molecule has 21 heavy (non-hydrogen) atoms. The number of aliphatic hydroxyl groups excluding tert-OH is 1. The molecule has 0 heterocycles. The van der Waals surface area contributed by atoms with E-state index in [9.17, 15) is 5.11 Å². The van der Waals surface area contributed by atoms with Gasteiger partial charge in [0.05, 0.1) is 20.3 Å². The Bertz CT molecular complexity index is 467. The van der Waals surface area contributed by atoms with Crippen LogP contribution in [-0.4, -0.2) is 37.7 Å². The van der Waals surface area contributed by atoms with Crippen molar-refractivity contribution in [2.24, 2.45) is 0 Å². The van der Waals surface area contributed by atoms with E-state index in [1.807, 2.05) is 12.1 Å². The predicted molar refractivity (Wildman–Crippen MR) is 86.4 cm³/mol. The molecule has 118 valence electrons. The normalized spacial score (nSPS) is 22.1. The van der Waals surface area contributed by atoms with Gasteiger partial charge in [0.1, 0.15) is 0 Å². The Hall–Kier alpha value is -0.910. The van der Waals surface area contributed by atoms with Gasteiger partial charge in [0, 0.05) is 17.5 Å². The summed E-state index contributed by atoms with van der Waals surface area (Å²) < 4.78 is 10.7. The molecule has 0 radical (unpaired) electrons. The van der Waals surface area contributed by atoms with Crippen LogP contribution in [0.15, 0.2) is 17.0 Å². The van der Waals surface area contributed by atoms with Gasteiger partial charge in [0.25, 0.3) is 0 Å². The fourth-order valence-electron chi connectivity index (χ4n) is 2.82. The van der Waals surface area contributed by atoms with Crippen molar-refractivity contribution in [2.75, 3.05) is 20.5 Å². The van der Waals surface area contributed by atoms with Crippen molar-refractivity contribution in [3.05, 3.63) is 17.7 Å². The smallest absolute Gasteiger partial charge is 0.161 e. The molecule has 1 aromatic rings. The highest BCUT2D eigenvalue weighted by Gasteiger charge is 2.22. The van der Waals surface area contributed by atoms with Crippen LogP contribution in [0.4, 0.5) is 0 Å². The molecule has 2 rings (SSSR count). The first-order valence-corrected chi connectivity index (χ1v) is 8.62. The fraction of sp³-hybridized carbons (Fsp3) is 0.625. The third-order valence-corrected chi connectivity index (χ3v) is 4.89. The van der Waals surface area contributed by atoms with Crippen molar-refractivity contribution in [1.29, 1.82) is 0 Å². The van der Waals surface area contributed by atoms with Crippen LogP contribution < -0.4 is 14.8 Å². The van der Waals surface area contributed by atoms with E-state index < -0.39 is 0 Å². The van der Waals surface area contributed by atoms with Gasteiger partial charge in [-0.15, -0.1) is 11.8 Å². The minimum atomic E-state index is -0.225. The number of hydrogen-bond donors (Lipinski definition) is 2. The summed E-state index contributed by atoms with van der Waals surface area (Å²) >= 11 is 1.69. The van der Waals surface area contributed by atoms with E-state index >= 15 is 0 Å². The summed E-state index contributed by atoms with van der Waals surface area (Å²) in [7, 11) is 3.30. The van der Waals surface area contributed by atoms with Gasteiger partial charge in [0.2, 0.25) is 0 Å². The second-order valence-corrected chi connectivity index (χ2v) is 6.21. The second-order valence-electron chi connectivity index (χ2n) is 5.36. The number of methoxy groups -OCH3 is 2. The number of ether oxygens (including phenoxy) is 2. The van der Waals surface area contributed by atoms with Crippen LogP contribution in [0.3, 0.4) is 0 Å². The third-order valence-electron chi connectivity index (χ3n) is 4.07. The number of rotatable bonds is 6. The van der Waals surface area contributed by atoms with E-state index in [0.717, 1.165) is 37.3 Å². The highest BCUT2D eigenvalue weighted by Crippen LogP contribution is 2.34. The van der Waals surface area contributed by atoms with Gasteiger partial charge >= 0.3 is 0 Å². The quantitative estimate of drug-likeness (QED) is 0.791. The average molecular weight is 311 g/mol. The van der Waals surface area contributed by atoms with Crippen molar-refractivity contribution in [3.63, 3.8) is 0 Å². The monoisotopic (exact) mass is 311 g/mol. The summed E-state index contributed by atoms with van der Waals surface area (Å²) in [5, 5.41) is 13.5. The molecule has 1 aliphatic carbocycles. The summed E-state index contributed by atoms with van der Waals surface area (Å²) in [6.45, 7) is 0.734. The summed E-state index contributed by atoms with van der Waals surface area (Å²) in [6, 6.07) is 4.23.